The number of nitrogens with zero attached hydrogens (tertiary/aromatic N) is 2. The molecular formula is C27H20N2O. The standard InChI is InChI=1S/C27H20N2O/c30-20-26-28-24-18-10-11-19-25(24)29(26)27(21-12-4-1-5-13-21,22-14-6-2-7-15-22)23-16-8-3-9-17-23/h1-20H. The lowest BCUT2D eigenvalue weighted by molar-refractivity contribution is 0.110. The molecule has 5 rings (SSSR count). The minimum Gasteiger partial charge on any atom is -0.303 e. The lowest BCUT2D eigenvalue weighted by atomic mass is 9.76. The highest BCUT2D eigenvalue weighted by Crippen LogP contribution is 2.43. The molecule has 0 aliphatic carbocycles. The predicted molar refractivity (Wildman–Crippen MR) is 120 cm³/mol. The summed E-state index contributed by atoms with van der Waals surface area (Å²) < 4.78 is 2.08. The first-order valence-corrected chi connectivity index (χ1v) is 9.95. The van der Waals surface area contributed by atoms with E-state index in [0.717, 1.165) is 34.0 Å². The zero-order valence-corrected chi connectivity index (χ0v) is 16.3. The first-order chi connectivity index (χ1) is 14.9. The van der Waals surface area contributed by atoms with E-state index in [-0.39, 0.29) is 0 Å². The van der Waals surface area contributed by atoms with E-state index in [1.165, 1.54) is 0 Å². The molecule has 0 aliphatic rings. The van der Waals surface area contributed by atoms with Crippen LogP contribution in [0.4, 0.5) is 0 Å². The first kappa shape index (κ1) is 18.1. The Morgan fingerprint density at radius 3 is 1.50 bits per heavy atom. The average Bonchev–Trinajstić information content (AvgIpc) is 3.21. The van der Waals surface area contributed by atoms with E-state index in [1.807, 2.05) is 78.9 Å². The van der Waals surface area contributed by atoms with Crippen LogP contribution in [-0.4, -0.2) is 15.8 Å². The Morgan fingerprint density at radius 1 is 0.600 bits per heavy atom. The molecule has 30 heavy (non-hydrogen) atoms. The maximum Gasteiger partial charge on any atom is 0.185 e. The van der Waals surface area contributed by atoms with Crippen molar-refractivity contribution in [3.05, 3.63) is 138 Å². The van der Waals surface area contributed by atoms with Gasteiger partial charge in [-0.3, -0.25) is 4.79 Å². The Hall–Kier alpha value is -3.98. The third-order valence-electron chi connectivity index (χ3n) is 5.60. The number of hydrogen-bond donors (Lipinski definition) is 0. The van der Waals surface area contributed by atoms with Gasteiger partial charge in [0.05, 0.1) is 11.0 Å². The summed E-state index contributed by atoms with van der Waals surface area (Å²) >= 11 is 0. The van der Waals surface area contributed by atoms with Crippen molar-refractivity contribution in [3.8, 4) is 0 Å². The zero-order valence-electron chi connectivity index (χ0n) is 16.3. The Bertz CT molecular complexity index is 1200. The fourth-order valence-electron chi connectivity index (χ4n) is 4.40. The van der Waals surface area contributed by atoms with Crippen molar-refractivity contribution in [3.63, 3.8) is 0 Å². The van der Waals surface area contributed by atoms with Gasteiger partial charge in [-0.1, -0.05) is 103 Å². The van der Waals surface area contributed by atoms with Gasteiger partial charge in [0.15, 0.2) is 12.1 Å². The topological polar surface area (TPSA) is 34.9 Å². The summed E-state index contributed by atoms with van der Waals surface area (Å²) in [6.45, 7) is 0. The number of hydrogen-bond acceptors (Lipinski definition) is 2. The van der Waals surface area contributed by atoms with Gasteiger partial charge in [0.2, 0.25) is 0 Å². The van der Waals surface area contributed by atoms with Crippen LogP contribution in [0, 0.1) is 0 Å². The molecule has 4 aromatic carbocycles. The van der Waals surface area contributed by atoms with Gasteiger partial charge >= 0.3 is 0 Å². The number of rotatable bonds is 5. The van der Waals surface area contributed by atoms with Gasteiger partial charge in [0.1, 0.15) is 5.54 Å². The van der Waals surface area contributed by atoms with Crippen LogP contribution in [-0.2, 0) is 5.54 Å². The van der Waals surface area contributed by atoms with Gasteiger partial charge in [-0.25, -0.2) is 4.98 Å². The van der Waals surface area contributed by atoms with Gasteiger partial charge in [-0.15, -0.1) is 0 Å². The Labute approximate surface area is 175 Å². The van der Waals surface area contributed by atoms with Gasteiger partial charge in [-0.05, 0) is 28.8 Å². The third kappa shape index (κ3) is 2.67. The molecule has 0 radical (unpaired) electrons. The maximum absolute atomic E-state index is 12.3. The van der Waals surface area contributed by atoms with Crippen molar-refractivity contribution in [1.82, 2.24) is 9.55 Å². The second kappa shape index (κ2) is 7.45. The molecule has 3 nitrogen and oxygen atoms in total. The van der Waals surface area contributed by atoms with E-state index in [0.29, 0.717) is 5.82 Å². The molecule has 0 bridgehead atoms. The molecule has 0 unspecified atom stereocenters. The van der Waals surface area contributed by atoms with Crippen LogP contribution in [0.3, 0.4) is 0 Å². The number of carbonyl (C=O) groups excluding carboxylic acids is 1. The van der Waals surface area contributed by atoms with Crippen LogP contribution in [0.15, 0.2) is 115 Å². The summed E-state index contributed by atoms with van der Waals surface area (Å²) in [5, 5.41) is 0. The van der Waals surface area contributed by atoms with Crippen molar-refractivity contribution in [2.75, 3.05) is 0 Å². The van der Waals surface area contributed by atoms with Gasteiger partial charge in [0.25, 0.3) is 0 Å². The molecule has 144 valence electrons. The van der Waals surface area contributed by atoms with Gasteiger partial charge in [0, 0.05) is 0 Å². The molecule has 0 amide bonds. The molecular weight excluding hydrogens is 368 g/mol. The molecule has 0 atom stereocenters. The van der Waals surface area contributed by atoms with E-state index in [1.54, 1.807) is 0 Å². The fourth-order valence-corrected chi connectivity index (χ4v) is 4.40. The highest BCUT2D eigenvalue weighted by Gasteiger charge is 2.41. The fraction of sp³-hybridized carbons (Fsp3) is 0.0370. The molecule has 0 N–H and O–H groups in total. The normalized spacial score (nSPS) is 11.5. The quantitative estimate of drug-likeness (QED) is 0.286. The second-order valence-electron chi connectivity index (χ2n) is 7.22. The highest BCUT2D eigenvalue weighted by molar-refractivity contribution is 5.84. The predicted octanol–water partition coefficient (Wildman–Crippen LogP) is 5.69. The molecule has 1 aromatic heterocycles. The number of imidazole rings is 1. The summed E-state index contributed by atoms with van der Waals surface area (Å²) in [6, 6.07) is 38.9. The first-order valence-electron chi connectivity index (χ1n) is 9.95. The number of carbonyl (C=O) groups is 1. The zero-order chi connectivity index (χ0) is 20.4. The van der Waals surface area contributed by atoms with Crippen LogP contribution >= 0.6 is 0 Å². The molecule has 5 aromatic rings. The van der Waals surface area contributed by atoms with Crippen molar-refractivity contribution in [1.29, 1.82) is 0 Å². The molecule has 0 spiro atoms. The van der Waals surface area contributed by atoms with Crippen molar-refractivity contribution in [2.24, 2.45) is 0 Å². The minimum atomic E-state index is -0.754. The average molecular weight is 388 g/mol. The molecule has 0 aliphatic heterocycles. The van der Waals surface area contributed by atoms with E-state index in [4.69, 9.17) is 0 Å². The third-order valence-corrected chi connectivity index (χ3v) is 5.60. The summed E-state index contributed by atoms with van der Waals surface area (Å²) in [4.78, 5) is 16.9. The molecule has 0 saturated carbocycles. The summed E-state index contributed by atoms with van der Waals surface area (Å²) in [5.74, 6) is 0.396. The Balaban J connectivity index is 2.02. The van der Waals surface area contributed by atoms with Crippen molar-refractivity contribution < 1.29 is 4.79 Å². The van der Waals surface area contributed by atoms with Crippen LogP contribution in [0.5, 0.6) is 0 Å². The lowest BCUT2D eigenvalue weighted by Gasteiger charge is -2.38. The van der Waals surface area contributed by atoms with Crippen molar-refractivity contribution >= 4 is 17.3 Å². The van der Waals surface area contributed by atoms with E-state index < -0.39 is 5.54 Å². The number of aromatic nitrogens is 2. The second-order valence-corrected chi connectivity index (χ2v) is 7.22. The molecule has 0 fully saturated rings. The monoisotopic (exact) mass is 388 g/mol. The van der Waals surface area contributed by atoms with E-state index >= 15 is 0 Å². The van der Waals surface area contributed by atoms with Crippen LogP contribution < -0.4 is 0 Å². The van der Waals surface area contributed by atoms with Gasteiger partial charge in [-0.2, -0.15) is 0 Å². The van der Waals surface area contributed by atoms with Crippen LogP contribution in [0.25, 0.3) is 11.0 Å². The van der Waals surface area contributed by atoms with Gasteiger partial charge < -0.3 is 4.57 Å². The minimum absolute atomic E-state index is 0.396. The SMILES string of the molecule is O=Cc1nc2ccccc2n1C(c1ccccc1)(c1ccccc1)c1ccccc1. The Kier molecular flexibility index (Phi) is 4.49. The maximum atomic E-state index is 12.3. The van der Waals surface area contributed by atoms with E-state index in [9.17, 15) is 4.79 Å². The molecule has 1 heterocycles. The number of aldehydes is 1. The Morgan fingerprint density at radius 2 is 1.03 bits per heavy atom. The summed E-state index contributed by atoms with van der Waals surface area (Å²) in [5.41, 5.74) is 4.15. The van der Waals surface area contributed by atoms with Crippen molar-refractivity contribution in [2.45, 2.75) is 5.54 Å². The van der Waals surface area contributed by atoms with Crippen LogP contribution in [0.2, 0.25) is 0 Å². The summed E-state index contributed by atoms with van der Waals surface area (Å²) in [7, 11) is 0. The van der Waals surface area contributed by atoms with E-state index in [2.05, 4.69) is 45.9 Å². The molecule has 0 saturated heterocycles. The largest absolute Gasteiger partial charge is 0.303 e. The lowest BCUT2D eigenvalue weighted by Crippen LogP contribution is -2.38. The number of para-hydroxylation sites is 2. The summed E-state index contributed by atoms with van der Waals surface area (Å²) in [6.07, 6.45) is 0.851. The smallest absolute Gasteiger partial charge is 0.185 e. The number of benzene rings is 4. The molecule has 3 heteroatoms. The van der Waals surface area contributed by atoms with Crippen LogP contribution in [0.1, 0.15) is 27.3 Å². The number of fused-ring (bicyclic) bond motifs is 1. The highest BCUT2D eigenvalue weighted by atomic mass is 16.1.